The van der Waals surface area contributed by atoms with Gasteiger partial charge < -0.3 is 14.9 Å². The van der Waals surface area contributed by atoms with Gasteiger partial charge in [0, 0.05) is 12.8 Å². The van der Waals surface area contributed by atoms with E-state index in [0.29, 0.717) is 12.8 Å². The Labute approximate surface area is 267 Å². The van der Waals surface area contributed by atoms with Crippen molar-refractivity contribution in [2.75, 3.05) is 0 Å². The summed E-state index contributed by atoms with van der Waals surface area (Å²) in [5.74, 6) is -0.747. The van der Waals surface area contributed by atoms with E-state index in [4.69, 9.17) is 4.74 Å². The van der Waals surface area contributed by atoms with Crippen molar-refractivity contribution in [1.82, 2.24) is 0 Å². The van der Waals surface area contributed by atoms with Crippen LogP contribution >= 0.6 is 0 Å². The average Bonchev–Trinajstić information content (AvgIpc) is 2.99. The van der Waals surface area contributed by atoms with E-state index in [2.05, 4.69) is 13.8 Å². The van der Waals surface area contributed by atoms with Gasteiger partial charge in [-0.15, -0.1) is 0 Å². The van der Waals surface area contributed by atoms with Crippen molar-refractivity contribution in [2.45, 2.75) is 232 Å². The van der Waals surface area contributed by atoms with E-state index in [-0.39, 0.29) is 24.1 Å². The van der Waals surface area contributed by atoms with Crippen LogP contribution in [0.4, 0.5) is 0 Å². The lowest BCUT2D eigenvalue weighted by atomic mass is 10.0. The van der Waals surface area contributed by atoms with E-state index >= 15 is 0 Å². The molecule has 0 aliphatic heterocycles. The van der Waals surface area contributed by atoms with Gasteiger partial charge in [0.25, 0.3) is 0 Å². The molecule has 0 amide bonds. The highest BCUT2D eigenvalue weighted by Crippen LogP contribution is 2.16. The zero-order valence-electron chi connectivity index (χ0n) is 28.9. The number of carbonyl (C=O) groups is 2. The molecule has 2 N–H and O–H groups in total. The number of carbonyl (C=O) groups excluding carboxylic acids is 2. The lowest BCUT2D eigenvalue weighted by molar-refractivity contribution is -0.159. The molecule has 0 saturated heterocycles. The standard InChI is InChI=1S/C38H74O5/c1-3-5-7-9-10-13-18-24-31-36(40)32-25-19-14-11-12-15-21-27-33-37(41)43-38(42)34-28-22-17-16-20-26-30-35(39)29-23-8-6-4-2/h35-36,39-40H,3-34H2,1-2H3. The summed E-state index contributed by atoms with van der Waals surface area (Å²) in [6.45, 7) is 4.46. The number of ether oxygens (including phenoxy) is 1. The highest BCUT2D eigenvalue weighted by molar-refractivity contribution is 5.85. The van der Waals surface area contributed by atoms with Crippen molar-refractivity contribution in [1.29, 1.82) is 0 Å². The molecule has 5 heteroatoms. The second kappa shape index (κ2) is 33.9. The fourth-order valence-corrected chi connectivity index (χ4v) is 5.90. The number of aliphatic hydroxyl groups excluding tert-OH is 2. The first-order valence-electron chi connectivity index (χ1n) is 19.1. The molecule has 0 fully saturated rings. The van der Waals surface area contributed by atoms with Gasteiger partial charge in [0.15, 0.2) is 0 Å². The minimum Gasteiger partial charge on any atom is -0.393 e. The van der Waals surface area contributed by atoms with E-state index in [1.165, 1.54) is 96.3 Å². The summed E-state index contributed by atoms with van der Waals surface area (Å²) in [6.07, 6.45) is 34.7. The summed E-state index contributed by atoms with van der Waals surface area (Å²) in [4.78, 5) is 23.9. The Kier molecular flexibility index (Phi) is 33.2. The number of rotatable bonds is 34. The topological polar surface area (TPSA) is 83.8 Å². The van der Waals surface area contributed by atoms with Crippen molar-refractivity contribution in [2.24, 2.45) is 0 Å². The van der Waals surface area contributed by atoms with Crippen LogP contribution in [0.25, 0.3) is 0 Å². The maximum absolute atomic E-state index is 11.9. The summed E-state index contributed by atoms with van der Waals surface area (Å²) in [7, 11) is 0. The SMILES string of the molecule is CCCCCCCCCCC(O)CCCCCCCCCCC(=O)OC(=O)CCCCCCCCC(O)CCCCCC. The molecule has 0 heterocycles. The predicted molar refractivity (Wildman–Crippen MR) is 182 cm³/mol. The molecule has 0 spiro atoms. The van der Waals surface area contributed by atoms with E-state index in [0.717, 1.165) is 96.3 Å². The molecular formula is C38H74O5. The molecule has 0 aliphatic carbocycles. The first-order valence-corrected chi connectivity index (χ1v) is 19.1. The summed E-state index contributed by atoms with van der Waals surface area (Å²) in [5.41, 5.74) is 0. The Bertz CT molecular complexity index is 593. The van der Waals surface area contributed by atoms with Crippen molar-refractivity contribution in [3.05, 3.63) is 0 Å². The summed E-state index contributed by atoms with van der Waals surface area (Å²) >= 11 is 0. The second-order valence-electron chi connectivity index (χ2n) is 13.3. The zero-order chi connectivity index (χ0) is 31.6. The van der Waals surface area contributed by atoms with Crippen LogP contribution in [0, 0.1) is 0 Å². The predicted octanol–water partition coefficient (Wildman–Crippen LogP) is 11.3. The van der Waals surface area contributed by atoms with Gasteiger partial charge in [-0.25, -0.2) is 0 Å². The lowest BCUT2D eigenvalue weighted by Crippen LogP contribution is -2.11. The van der Waals surface area contributed by atoms with Gasteiger partial charge in [-0.05, 0) is 38.5 Å². The highest BCUT2D eigenvalue weighted by Gasteiger charge is 2.10. The highest BCUT2D eigenvalue weighted by atomic mass is 16.6. The van der Waals surface area contributed by atoms with Crippen LogP contribution in [-0.2, 0) is 14.3 Å². The van der Waals surface area contributed by atoms with Crippen LogP contribution in [0.2, 0.25) is 0 Å². The maximum atomic E-state index is 11.9. The quantitative estimate of drug-likeness (QED) is 0.0430. The molecule has 0 bridgehead atoms. The van der Waals surface area contributed by atoms with E-state index < -0.39 is 0 Å². The molecule has 0 rings (SSSR count). The molecular weight excluding hydrogens is 536 g/mol. The van der Waals surface area contributed by atoms with Crippen molar-refractivity contribution in [3.63, 3.8) is 0 Å². The summed E-state index contributed by atoms with van der Waals surface area (Å²) in [6, 6.07) is 0. The first kappa shape index (κ1) is 42.1. The normalized spacial score (nSPS) is 12.8. The van der Waals surface area contributed by atoms with Gasteiger partial charge in [0.2, 0.25) is 0 Å². The fraction of sp³-hybridized carbons (Fsp3) is 0.947. The van der Waals surface area contributed by atoms with Gasteiger partial charge in [-0.3, -0.25) is 9.59 Å². The Morgan fingerprint density at radius 3 is 0.930 bits per heavy atom. The monoisotopic (exact) mass is 611 g/mol. The zero-order valence-corrected chi connectivity index (χ0v) is 28.9. The molecule has 0 radical (unpaired) electrons. The van der Waals surface area contributed by atoms with E-state index in [1.54, 1.807) is 0 Å². The van der Waals surface area contributed by atoms with Crippen molar-refractivity contribution in [3.8, 4) is 0 Å². The molecule has 256 valence electrons. The maximum Gasteiger partial charge on any atom is 0.313 e. The van der Waals surface area contributed by atoms with Gasteiger partial charge in [-0.2, -0.15) is 0 Å². The number of aliphatic hydroxyl groups is 2. The summed E-state index contributed by atoms with van der Waals surface area (Å²) < 4.78 is 4.99. The Morgan fingerprint density at radius 2 is 0.628 bits per heavy atom. The van der Waals surface area contributed by atoms with Gasteiger partial charge in [0.05, 0.1) is 12.2 Å². The number of hydrogen-bond donors (Lipinski definition) is 2. The Balaban J connectivity index is 3.39. The molecule has 2 atom stereocenters. The smallest absolute Gasteiger partial charge is 0.313 e. The Hall–Kier alpha value is -0.940. The largest absolute Gasteiger partial charge is 0.393 e. The molecule has 0 aromatic rings. The number of esters is 2. The third-order valence-corrected chi connectivity index (χ3v) is 8.85. The number of hydrogen-bond acceptors (Lipinski definition) is 5. The molecule has 5 nitrogen and oxygen atoms in total. The van der Waals surface area contributed by atoms with Crippen LogP contribution in [-0.4, -0.2) is 34.4 Å². The van der Waals surface area contributed by atoms with E-state index in [9.17, 15) is 19.8 Å². The van der Waals surface area contributed by atoms with Crippen LogP contribution in [0.1, 0.15) is 219 Å². The first-order chi connectivity index (χ1) is 21.0. The Morgan fingerprint density at radius 1 is 0.395 bits per heavy atom. The van der Waals surface area contributed by atoms with Crippen molar-refractivity contribution < 1.29 is 24.5 Å². The van der Waals surface area contributed by atoms with Crippen molar-refractivity contribution >= 4 is 11.9 Å². The van der Waals surface area contributed by atoms with Crippen LogP contribution in [0.5, 0.6) is 0 Å². The minimum atomic E-state index is -0.376. The van der Waals surface area contributed by atoms with Crippen LogP contribution < -0.4 is 0 Å². The molecule has 0 aromatic heterocycles. The minimum absolute atomic E-state index is 0.113. The third-order valence-electron chi connectivity index (χ3n) is 8.85. The van der Waals surface area contributed by atoms with Crippen LogP contribution in [0.3, 0.4) is 0 Å². The lowest BCUT2D eigenvalue weighted by Gasteiger charge is -2.10. The average molecular weight is 611 g/mol. The number of unbranched alkanes of at least 4 members (excludes halogenated alkanes) is 22. The molecule has 2 unspecified atom stereocenters. The van der Waals surface area contributed by atoms with Gasteiger partial charge >= 0.3 is 11.9 Å². The molecule has 43 heavy (non-hydrogen) atoms. The van der Waals surface area contributed by atoms with Gasteiger partial charge in [-0.1, -0.05) is 168 Å². The molecule has 0 aliphatic rings. The molecule has 0 saturated carbocycles. The fourth-order valence-electron chi connectivity index (χ4n) is 5.90. The second-order valence-corrected chi connectivity index (χ2v) is 13.3. The van der Waals surface area contributed by atoms with E-state index in [1.807, 2.05) is 0 Å². The molecule has 0 aromatic carbocycles. The van der Waals surface area contributed by atoms with Crippen LogP contribution in [0.15, 0.2) is 0 Å². The summed E-state index contributed by atoms with van der Waals surface area (Å²) in [5, 5.41) is 20.2. The third kappa shape index (κ3) is 33.8. The van der Waals surface area contributed by atoms with Gasteiger partial charge in [0.1, 0.15) is 0 Å².